The van der Waals surface area contributed by atoms with Crippen LogP contribution >= 0.6 is 11.3 Å². The Labute approximate surface area is 121 Å². The first-order valence-electron chi connectivity index (χ1n) is 6.79. The molecule has 1 aromatic rings. The fraction of sp³-hybridized carbons (Fsp3) is 0.500. The van der Waals surface area contributed by atoms with Crippen LogP contribution < -0.4 is 5.32 Å². The number of hydrogen-bond donors (Lipinski definition) is 1. The number of hydrogen-bond acceptors (Lipinski definition) is 4. The summed E-state index contributed by atoms with van der Waals surface area (Å²) in [5.74, 6) is -0.746. The molecule has 106 valence electrons. The summed E-state index contributed by atoms with van der Waals surface area (Å²) < 4.78 is 0. The van der Waals surface area contributed by atoms with E-state index in [0.717, 1.165) is 17.7 Å². The minimum atomic E-state index is -1.01. The Bertz CT molecular complexity index is 561. The Kier molecular flexibility index (Phi) is 3.12. The van der Waals surface area contributed by atoms with Crippen molar-refractivity contribution in [2.75, 3.05) is 0 Å². The molecule has 4 amide bonds. The molecule has 20 heavy (non-hydrogen) atoms. The van der Waals surface area contributed by atoms with Crippen LogP contribution in [0.5, 0.6) is 0 Å². The van der Waals surface area contributed by atoms with Gasteiger partial charge in [0.2, 0.25) is 11.8 Å². The molecule has 0 bridgehead atoms. The van der Waals surface area contributed by atoms with E-state index >= 15 is 0 Å². The highest BCUT2D eigenvalue weighted by Gasteiger charge is 2.56. The van der Waals surface area contributed by atoms with E-state index in [1.54, 1.807) is 0 Å². The maximum Gasteiger partial charge on any atom is 0.331 e. The first kappa shape index (κ1) is 13.3. The molecule has 1 saturated carbocycles. The van der Waals surface area contributed by atoms with Crippen molar-refractivity contribution in [2.45, 2.75) is 38.6 Å². The number of barbiturate groups is 1. The van der Waals surface area contributed by atoms with Crippen LogP contribution in [0.15, 0.2) is 17.5 Å². The Hall–Kier alpha value is -1.69. The van der Waals surface area contributed by atoms with E-state index in [0.29, 0.717) is 12.8 Å². The van der Waals surface area contributed by atoms with E-state index in [-0.39, 0.29) is 11.9 Å². The van der Waals surface area contributed by atoms with Gasteiger partial charge in [-0.3, -0.25) is 19.8 Å². The lowest BCUT2D eigenvalue weighted by Crippen LogP contribution is -2.63. The number of urea groups is 1. The van der Waals surface area contributed by atoms with Crippen LogP contribution in [-0.2, 0) is 9.59 Å². The standard InChI is InChI=1S/C14H16N2O3S/c1-9(10-5-4-8-20-10)16-12(18)14(6-2-3-7-14)11(17)15-13(16)19/h4-5,8-9H,2-3,6-7H2,1H3,(H,15,17,19). The fourth-order valence-corrected chi connectivity index (χ4v) is 3.90. The van der Waals surface area contributed by atoms with Crippen LogP contribution in [0.3, 0.4) is 0 Å². The fourth-order valence-electron chi connectivity index (χ4n) is 3.12. The Morgan fingerprint density at radius 3 is 2.60 bits per heavy atom. The number of thiophene rings is 1. The molecule has 0 aromatic carbocycles. The van der Waals surface area contributed by atoms with E-state index in [2.05, 4.69) is 5.32 Å². The monoisotopic (exact) mass is 292 g/mol. The molecule has 1 spiro atoms. The first-order chi connectivity index (χ1) is 9.56. The third kappa shape index (κ3) is 1.78. The number of imide groups is 2. The lowest BCUT2D eigenvalue weighted by molar-refractivity contribution is -0.152. The van der Waals surface area contributed by atoms with E-state index in [1.807, 2.05) is 24.4 Å². The topological polar surface area (TPSA) is 66.5 Å². The van der Waals surface area contributed by atoms with Gasteiger partial charge in [-0.25, -0.2) is 4.79 Å². The number of nitrogens with zero attached hydrogens (tertiary/aromatic N) is 1. The van der Waals surface area contributed by atoms with Gasteiger partial charge in [-0.1, -0.05) is 18.9 Å². The minimum absolute atomic E-state index is 0.329. The molecule has 1 unspecified atom stereocenters. The van der Waals surface area contributed by atoms with Crippen LogP contribution in [0.2, 0.25) is 0 Å². The quantitative estimate of drug-likeness (QED) is 0.851. The van der Waals surface area contributed by atoms with Crippen molar-refractivity contribution in [3.8, 4) is 0 Å². The van der Waals surface area contributed by atoms with Crippen LogP contribution in [0.25, 0.3) is 0 Å². The molecule has 5 nitrogen and oxygen atoms in total. The molecule has 0 radical (unpaired) electrons. The van der Waals surface area contributed by atoms with Gasteiger partial charge in [0.05, 0.1) is 6.04 Å². The highest BCUT2D eigenvalue weighted by Crippen LogP contribution is 2.43. The molecule has 1 aliphatic heterocycles. The van der Waals surface area contributed by atoms with Crippen LogP contribution in [0.1, 0.15) is 43.5 Å². The van der Waals surface area contributed by atoms with Gasteiger partial charge in [0, 0.05) is 4.88 Å². The van der Waals surface area contributed by atoms with Crippen molar-refractivity contribution in [1.29, 1.82) is 0 Å². The lowest BCUT2D eigenvalue weighted by atomic mass is 9.81. The number of nitrogens with one attached hydrogen (secondary N) is 1. The van der Waals surface area contributed by atoms with Gasteiger partial charge in [-0.2, -0.15) is 0 Å². The zero-order chi connectivity index (χ0) is 14.3. The summed E-state index contributed by atoms with van der Waals surface area (Å²) in [5.41, 5.74) is -1.01. The second kappa shape index (κ2) is 4.70. The van der Waals surface area contributed by atoms with Crippen molar-refractivity contribution in [1.82, 2.24) is 10.2 Å². The molecule has 6 heteroatoms. The Morgan fingerprint density at radius 1 is 1.30 bits per heavy atom. The summed E-state index contributed by atoms with van der Waals surface area (Å²) in [7, 11) is 0. The van der Waals surface area contributed by atoms with Crippen LogP contribution in [0, 0.1) is 5.41 Å². The van der Waals surface area contributed by atoms with Crippen molar-refractivity contribution in [3.63, 3.8) is 0 Å². The maximum absolute atomic E-state index is 12.8. The molecule has 2 aliphatic rings. The van der Waals surface area contributed by atoms with E-state index in [4.69, 9.17) is 0 Å². The SMILES string of the molecule is CC(c1cccs1)N1C(=O)NC(=O)C2(CCCC2)C1=O. The maximum atomic E-state index is 12.8. The number of amides is 4. The molecule has 2 heterocycles. The van der Waals surface area contributed by atoms with Gasteiger partial charge in [0.1, 0.15) is 5.41 Å². The third-order valence-electron chi connectivity index (χ3n) is 4.30. The number of carbonyl (C=O) groups excluding carboxylic acids is 3. The normalized spacial score (nSPS) is 23.2. The highest BCUT2D eigenvalue weighted by atomic mass is 32.1. The largest absolute Gasteiger partial charge is 0.331 e. The molecule has 1 saturated heterocycles. The lowest BCUT2D eigenvalue weighted by Gasteiger charge is -2.39. The molecular weight excluding hydrogens is 276 g/mol. The number of carbonyl (C=O) groups is 3. The van der Waals surface area contributed by atoms with Gasteiger partial charge in [-0.15, -0.1) is 11.3 Å². The summed E-state index contributed by atoms with van der Waals surface area (Å²) >= 11 is 1.50. The molecule has 1 aromatic heterocycles. The van der Waals surface area contributed by atoms with E-state index in [1.165, 1.54) is 16.2 Å². The van der Waals surface area contributed by atoms with Gasteiger partial charge in [0.25, 0.3) is 0 Å². The molecule has 2 fully saturated rings. The molecule has 3 rings (SSSR count). The van der Waals surface area contributed by atoms with Crippen molar-refractivity contribution in [3.05, 3.63) is 22.4 Å². The second-order valence-corrected chi connectivity index (χ2v) is 6.39. The average molecular weight is 292 g/mol. The molecule has 1 aliphatic carbocycles. The average Bonchev–Trinajstić information content (AvgIpc) is 3.09. The predicted octanol–water partition coefficient (Wildman–Crippen LogP) is 2.45. The summed E-state index contributed by atoms with van der Waals surface area (Å²) in [6.45, 7) is 1.82. The van der Waals surface area contributed by atoms with Crippen LogP contribution in [0.4, 0.5) is 4.79 Å². The summed E-state index contributed by atoms with van der Waals surface area (Å²) in [6.07, 6.45) is 2.79. The summed E-state index contributed by atoms with van der Waals surface area (Å²) in [6, 6.07) is 2.85. The summed E-state index contributed by atoms with van der Waals surface area (Å²) in [4.78, 5) is 39.1. The van der Waals surface area contributed by atoms with Crippen LogP contribution in [-0.4, -0.2) is 22.7 Å². The van der Waals surface area contributed by atoms with Gasteiger partial charge in [0.15, 0.2) is 0 Å². The highest BCUT2D eigenvalue weighted by molar-refractivity contribution is 7.10. The van der Waals surface area contributed by atoms with Gasteiger partial charge < -0.3 is 0 Å². The summed E-state index contributed by atoms with van der Waals surface area (Å²) in [5, 5.41) is 4.28. The minimum Gasteiger partial charge on any atom is -0.277 e. The number of rotatable bonds is 2. The smallest absolute Gasteiger partial charge is 0.277 e. The van der Waals surface area contributed by atoms with Gasteiger partial charge in [-0.05, 0) is 31.2 Å². The zero-order valence-electron chi connectivity index (χ0n) is 11.2. The zero-order valence-corrected chi connectivity index (χ0v) is 12.0. The molecule has 1 atom stereocenters. The Morgan fingerprint density at radius 2 is 2.00 bits per heavy atom. The van der Waals surface area contributed by atoms with Crippen molar-refractivity contribution in [2.24, 2.45) is 5.41 Å². The van der Waals surface area contributed by atoms with Crippen molar-refractivity contribution < 1.29 is 14.4 Å². The predicted molar refractivity (Wildman–Crippen MR) is 74.0 cm³/mol. The second-order valence-electron chi connectivity index (χ2n) is 5.42. The molecule has 1 N–H and O–H groups in total. The molecular formula is C14H16N2O3S. The third-order valence-corrected chi connectivity index (χ3v) is 5.34. The first-order valence-corrected chi connectivity index (χ1v) is 7.67. The van der Waals surface area contributed by atoms with E-state index < -0.39 is 17.4 Å². The Balaban J connectivity index is 1.96. The van der Waals surface area contributed by atoms with Gasteiger partial charge >= 0.3 is 6.03 Å². The van der Waals surface area contributed by atoms with Crippen molar-refractivity contribution >= 4 is 29.2 Å². The van der Waals surface area contributed by atoms with E-state index in [9.17, 15) is 14.4 Å².